The number of ether oxygens (including phenoxy) is 2. The number of hydrogen-bond donors (Lipinski definition) is 0. The van der Waals surface area contributed by atoms with Crippen molar-refractivity contribution in [1.29, 1.82) is 0 Å². The highest BCUT2D eigenvalue weighted by molar-refractivity contribution is 6.35. The van der Waals surface area contributed by atoms with E-state index in [-0.39, 0.29) is 5.78 Å². The Morgan fingerprint density at radius 1 is 0.518 bits per heavy atom. The van der Waals surface area contributed by atoms with Gasteiger partial charge in [0.25, 0.3) is 0 Å². The number of rotatable bonds is 10. The Balaban J connectivity index is 1.37. The Kier molecular flexibility index (Phi) is 11.2. The number of methoxy groups -OCH3 is 2. The predicted molar refractivity (Wildman–Crippen MR) is 222 cm³/mol. The van der Waals surface area contributed by atoms with Gasteiger partial charge in [-0.2, -0.15) is 0 Å². The molecule has 8 rings (SSSR count). The molecule has 0 unspecified atom stereocenters. The molecule has 0 amide bonds. The topological polar surface area (TPSA) is 60.5 Å². The molecule has 0 bridgehead atoms. The molecule has 0 N–H and O–H groups in total. The fourth-order valence-corrected chi connectivity index (χ4v) is 8.84. The van der Waals surface area contributed by atoms with Gasteiger partial charge in [-0.05, 0) is 95.1 Å². The molecule has 0 aromatic heterocycles. The Morgan fingerprint density at radius 3 is 1.23 bits per heavy atom. The number of anilines is 2. The molecule has 56 heavy (non-hydrogen) atoms. The predicted octanol–water partition coefficient (Wildman–Crippen LogP) is 12.3. The third-order valence-corrected chi connectivity index (χ3v) is 11.5. The lowest BCUT2D eigenvalue weighted by Gasteiger charge is -2.32. The molecule has 2 aliphatic heterocycles. The van der Waals surface area contributed by atoms with Crippen molar-refractivity contribution in [1.82, 2.24) is 0 Å². The van der Waals surface area contributed by atoms with E-state index in [4.69, 9.17) is 65.6 Å². The van der Waals surface area contributed by atoms with Crippen LogP contribution in [0, 0.1) is 11.8 Å². The van der Waals surface area contributed by atoms with Gasteiger partial charge in [-0.25, -0.2) is 10.1 Å². The summed E-state index contributed by atoms with van der Waals surface area (Å²) in [6.45, 7) is 0. The van der Waals surface area contributed by atoms with Crippen LogP contribution < -0.4 is 19.6 Å². The number of nitrogens with zero attached hydrogens (tertiary/aromatic N) is 2. The average molecular weight is 827 g/mol. The van der Waals surface area contributed by atoms with Crippen molar-refractivity contribution in [3.8, 4) is 11.5 Å². The monoisotopic (exact) mass is 824 g/mol. The number of Topliss-reactive ketones (excluding diaryl/α,β-unsaturated/α-hetero) is 1. The highest BCUT2D eigenvalue weighted by Crippen LogP contribution is 2.57. The van der Waals surface area contributed by atoms with Crippen molar-refractivity contribution in [2.24, 2.45) is 11.8 Å². The largest absolute Gasteiger partial charge is 0.497 e. The number of carbonyl (C=O) groups excluding carboxylic acids is 1. The van der Waals surface area contributed by atoms with Crippen molar-refractivity contribution in [3.63, 3.8) is 0 Å². The van der Waals surface area contributed by atoms with Gasteiger partial charge < -0.3 is 9.47 Å². The zero-order chi connectivity index (χ0) is 38.9. The third-order valence-electron chi connectivity index (χ3n) is 10.4. The van der Waals surface area contributed by atoms with Crippen molar-refractivity contribution in [2.75, 3.05) is 24.3 Å². The van der Waals surface area contributed by atoms with Gasteiger partial charge in [-0.3, -0.25) is 14.5 Å². The molecule has 2 aliphatic rings. The smallest absolute Gasteiger partial charge is 0.150 e. The first-order valence-corrected chi connectivity index (χ1v) is 19.5. The van der Waals surface area contributed by atoms with E-state index in [0.29, 0.717) is 42.7 Å². The van der Waals surface area contributed by atoms with Gasteiger partial charge in [0.1, 0.15) is 29.5 Å². The van der Waals surface area contributed by atoms with Gasteiger partial charge in [0.2, 0.25) is 0 Å². The molecule has 6 aromatic rings. The van der Waals surface area contributed by atoms with E-state index in [0.717, 1.165) is 22.5 Å². The van der Waals surface area contributed by atoms with Crippen molar-refractivity contribution < 1.29 is 23.9 Å². The number of halogens is 4. The second-order valence-corrected chi connectivity index (χ2v) is 15.3. The van der Waals surface area contributed by atoms with Crippen LogP contribution in [0.4, 0.5) is 11.4 Å². The summed E-state index contributed by atoms with van der Waals surface area (Å²) in [6.07, 6.45) is -1.54. The number of carbonyl (C=O) groups is 1. The van der Waals surface area contributed by atoms with Crippen LogP contribution >= 0.6 is 46.4 Å². The Bertz CT molecular complexity index is 2150. The van der Waals surface area contributed by atoms with Gasteiger partial charge >= 0.3 is 0 Å². The summed E-state index contributed by atoms with van der Waals surface area (Å²) in [6, 6.07) is 43.8. The quantitative estimate of drug-likeness (QED) is 0.136. The molecule has 2 fully saturated rings. The van der Waals surface area contributed by atoms with E-state index in [1.54, 1.807) is 48.6 Å². The van der Waals surface area contributed by atoms with Crippen molar-refractivity contribution in [2.45, 2.75) is 24.3 Å². The lowest BCUT2D eigenvalue weighted by molar-refractivity contribution is -0.131. The van der Waals surface area contributed by atoms with Crippen LogP contribution in [0.15, 0.2) is 146 Å². The fourth-order valence-electron chi connectivity index (χ4n) is 7.80. The molecule has 11 heteroatoms. The zero-order valence-corrected chi connectivity index (χ0v) is 33.3. The van der Waals surface area contributed by atoms with Gasteiger partial charge in [-0.15, -0.1) is 0 Å². The average Bonchev–Trinajstić information content (AvgIpc) is 3.82. The number of benzene rings is 6. The third kappa shape index (κ3) is 7.32. The van der Waals surface area contributed by atoms with Gasteiger partial charge in [0, 0.05) is 20.1 Å². The molecule has 2 saturated heterocycles. The van der Waals surface area contributed by atoms with Crippen LogP contribution in [-0.4, -0.2) is 20.0 Å². The first kappa shape index (κ1) is 38.2. The highest BCUT2D eigenvalue weighted by Gasteiger charge is 2.57. The van der Waals surface area contributed by atoms with Crippen molar-refractivity contribution in [3.05, 3.63) is 188 Å². The van der Waals surface area contributed by atoms with E-state index in [2.05, 4.69) is 0 Å². The molecular formula is C45H36Cl4N2O5. The molecule has 0 saturated carbocycles. The second kappa shape index (κ2) is 16.4. The second-order valence-electron chi connectivity index (χ2n) is 13.6. The minimum atomic E-state index is -0.846. The van der Waals surface area contributed by atoms with Crippen LogP contribution in [0.25, 0.3) is 0 Å². The standard InChI is InChI=1S/C45H36Cl4N2O5/c1-53-33-19-13-27(14-20-33)44-39(41(35-23-17-29(46)25-37(35)48)50(55-44)31-9-5-3-6-10-31)43(52)40-42(36-24-18-30(47)26-38(36)49)51(32-11-7-4-8-12-32)56-45(40)28-15-21-34(54-2)22-16-28/h3-26,39-42,44-45H,1-2H3/t39-,40+,41+,42-,44-,45+. The van der Waals surface area contributed by atoms with E-state index < -0.39 is 36.1 Å². The summed E-state index contributed by atoms with van der Waals surface area (Å²) < 4.78 is 11.0. The molecule has 284 valence electrons. The van der Waals surface area contributed by atoms with Crippen molar-refractivity contribution >= 4 is 63.6 Å². The van der Waals surface area contributed by atoms with Crippen LogP contribution in [0.1, 0.15) is 46.5 Å². The minimum absolute atomic E-state index is 0.129. The van der Waals surface area contributed by atoms with Gasteiger partial charge in [-0.1, -0.05) is 119 Å². The SMILES string of the molecule is COc1ccc([C@H]2ON(c3ccccc3)[C@@H](c3ccc(Cl)cc3Cl)[C@@H]2C(=O)[C@@H]2[C@@H](c3ccc(Cl)cc3Cl)N(c3ccccc3)O[C@H]2c2ccc(OC)cc2)cc1. The van der Waals surface area contributed by atoms with E-state index in [1.165, 1.54) is 0 Å². The molecular weight excluding hydrogens is 790 g/mol. The number of hydrogen-bond acceptors (Lipinski definition) is 7. The van der Waals surface area contributed by atoms with Crippen LogP contribution in [0.3, 0.4) is 0 Å². The molecule has 0 aliphatic carbocycles. The van der Waals surface area contributed by atoms with E-state index in [1.807, 2.05) is 121 Å². The maximum Gasteiger partial charge on any atom is 0.150 e. The minimum Gasteiger partial charge on any atom is -0.497 e. The maximum atomic E-state index is 16.3. The van der Waals surface area contributed by atoms with E-state index in [9.17, 15) is 0 Å². The molecule has 0 spiro atoms. The Labute approximate surface area is 345 Å². The highest BCUT2D eigenvalue weighted by atomic mass is 35.5. The van der Waals surface area contributed by atoms with E-state index >= 15 is 4.79 Å². The van der Waals surface area contributed by atoms with Gasteiger partial charge in [0.15, 0.2) is 0 Å². The maximum absolute atomic E-state index is 16.3. The summed E-state index contributed by atoms with van der Waals surface area (Å²) in [4.78, 5) is 30.3. The first-order valence-electron chi connectivity index (χ1n) is 18.0. The summed E-state index contributed by atoms with van der Waals surface area (Å²) in [5, 5.41) is 5.33. The van der Waals surface area contributed by atoms with Crippen LogP contribution in [0.5, 0.6) is 11.5 Å². The molecule has 2 heterocycles. The number of ketones is 1. The normalized spacial score (nSPS) is 22.0. The zero-order valence-electron chi connectivity index (χ0n) is 30.3. The van der Waals surface area contributed by atoms with Gasteiger partial charge in [0.05, 0.1) is 49.5 Å². The summed E-state index contributed by atoms with van der Waals surface area (Å²) in [7, 11) is 3.23. The lowest BCUT2D eigenvalue weighted by Crippen LogP contribution is -2.37. The molecule has 7 nitrogen and oxygen atoms in total. The Morgan fingerprint density at radius 2 is 0.893 bits per heavy atom. The summed E-state index contributed by atoms with van der Waals surface area (Å²) >= 11 is 27.1. The fraction of sp³-hybridized carbons (Fsp3) is 0.178. The number of hydroxylamine groups is 2. The molecule has 6 aromatic carbocycles. The van der Waals surface area contributed by atoms with Crippen LogP contribution in [-0.2, 0) is 14.5 Å². The number of para-hydroxylation sites is 2. The first-order chi connectivity index (χ1) is 27.2. The lowest BCUT2D eigenvalue weighted by atomic mass is 9.73. The Hall–Kier alpha value is -4.73. The molecule has 6 atom stereocenters. The summed E-state index contributed by atoms with van der Waals surface area (Å²) in [5.74, 6) is -0.476. The molecule has 0 radical (unpaired) electrons. The summed E-state index contributed by atoms with van der Waals surface area (Å²) in [5.41, 5.74) is 4.40. The van der Waals surface area contributed by atoms with Crippen LogP contribution in [0.2, 0.25) is 20.1 Å².